The molecule has 0 aliphatic heterocycles. The summed E-state index contributed by atoms with van der Waals surface area (Å²) in [5, 5.41) is 18.9. The third-order valence-corrected chi connectivity index (χ3v) is 4.08. The number of aromatic nitrogens is 1. The lowest BCUT2D eigenvalue weighted by atomic mass is 10.1. The van der Waals surface area contributed by atoms with E-state index in [1.807, 2.05) is 0 Å². The Morgan fingerprint density at radius 2 is 1.23 bits per heavy atom. The fraction of sp³-hybridized carbons (Fsp3) is 0.722. The summed E-state index contributed by atoms with van der Waals surface area (Å²) in [7, 11) is 0. The highest BCUT2D eigenvalue weighted by atomic mass is 16.3. The second kappa shape index (κ2) is 11.2. The van der Waals surface area contributed by atoms with E-state index in [2.05, 4.69) is 6.92 Å². The second-order valence-electron chi connectivity index (χ2n) is 6.06. The van der Waals surface area contributed by atoms with Gasteiger partial charge in [-0.2, -0.15) is 0 Å². The number of hydrogen-bond donors (Lipinski definition) is 2. The van der Waals surface area contributed by atoms with Crippen molar-refractivity contribution in [1.82, 2.24) is 4.57 Å². The van der Waals surface area contributed by atoms with Gasteiger partial charge in [-0.25, -0.2) is 4.57 Å². The summed E-state index contributed by atoms with van der Waals surface area (Å²) in [4.78, 5) is 11.9. The van der Waals surface area contributed by atoms with Crippen LogP contribution in [-0.2, 0) is 0 Å². The number of carbonyl (C=O) groups excluding carboxylic acids is 1. The third kappa shape index (κ3) is 7.01. The van der Waals surface area contributed by atoms with Crippen LogP contribution in [0.4, 0.5) is 0 Å². The highest BCUT2D eigenvalue weighted by molar-refractivity contribution is 5.82. The summed E-state index contributed by atoms with van der Waals surface area (Å²) in [5.41, 5.74) is 0. The van der Waals surface area contributed by atoms with Crippen molar-refractivity contribution >= 4 is 5.91 Å². The van der Waals surface area contributed by atoms with Crippen molar-refractivity contribution in [3.8, 4) is 11.8 Å². The smallest absolute Gasteiger partial charge is 0.236 e. The summed E-state index contributed by atoms with van der Waals surface area (Å²) < 4.78 is 0.969. The molecule has 22 heavy (non-hydrogen) atoms. The molecule has 2 N–H and O–H groups in total. The minimum atomic E-state index is -0.240. The van der Waals surface area contributed by atoms with Crippen LogP contribution in [0, 0.1) is 0 Å². The minimum absolute atomic E-state index is 0.189. The van der Waals surface area contributed by atoms with Crippen LogP contribution in [0.3, 0.4) is 0 Å². The number of unbranched alkanes of at least 4 members (excludes halogenated alkanes) is 10. The van der Waals surface area contributed by atoms with Crippen LogP contribution in [0.5, 0.6) is 11.8 Å². The van der Waals surface area contributed by atoms with Gasteiger partial charge in [0.25, 0.3) is 0 Å². The van der Waals surface area contributed by atoms with E-state index in [9.17, 15) is 15.0 Å². The Labute approximate surface area is 134 Å². The Bertz CT molecular complexity index is 406. The maximum atomic E-state index is 11.9. The average molecular weight is 309 g/mol. The summed E-state index contributed by atoms with van der Waals surface area (Å²) in [6.07, 6.45) is 14.0. The molecule has 0 unspecified atom stereocenters. The van der Waals surface area contributed by atoms with Crippen molar-refractivity contribution in [1.29, 1.82) is 0 Å². The fourth-order valence-electron chi connectivity index (χ4n) is 2.72. The SMILES string of the molecule is CCCCCCCCCCCCCC(=O)n1c(O)ccc1O. The van der Waals surface area contributed by atoms with Crippen molar-refractivity contribution in [3.63, 3.8) is 0 Å². The van der Waals surface area contributed by atoms with Crippen LogP contribution in [0.15, 0.2) is 12.1 Å². The zero-order chi connectivity index (χ0) is 16.2. The molecule has 1 rings (SSSR count). The first kappa shape index (κ1) is 18.6. The van der Waals surface area contributed by atoms with Crippen molar-refractivity contribution in [2.75, 3.05) is 0 Å². The Morgan fingerprint density at radius 1 is 0.818 bits per heavy atom. The number of rotatable bonds is 12. The van der Waals surface area contributed by atoms with Gasteiger partial charge in [0.1, 0.15) is 0 Å². The van der Waals surface area contributed by atoms with E-state index in [0.29, 0.717) is 6.42 Å². The molecule has 0 spiro atoms. The summed E-state index contributed by atoms with van der Waals surface area (Å²) in [6.45, 7) is 2.24. The van der Waals surface area contributed by atoms with Crippen LogP contribution in [0.2, 0.25) is 0 Å². The van der Waals surface area contributed by atoms with Crippen LogP contribution < -0.4 is 0 Å². The predicted molar refractivity (Wildman–Crippen MR) is 89.5 cm³/mol. The molecule has 0 saturated carbocycles. The standard InChI is InChI=1S/C18H31NO3/c1-2-3-4-5-6-7-8-9-10-11-12-13-16(20)19-17(21)14-15-18(19)22/h14-15,21-22H,2-13H2,1H3. The molecule has 0 aliphatic carbocycles. The molecule has 0 radical (unpaired) electrons. The lowest BCUT2D eigenvalue weighted by molar-refractivity contribution is 0.0880. The van der Waals surface area contributed by atoms with Crippen molar-refractivity contribution in [2.24, 2.45) is 0 Å². The number of aromatic hydroxyl groups is 2. The molecular formula is C18H31NO3. The average Bonchev–Trinajstić information content (AvgIpc) is 2.83. The Balaban J connectivity index is 1.96. The monoisotopic (exact) mass is 309 g/mol. The van der Waals surface area contributed by atoms with Gasteiger partial charge in [-0.1, -0.05) is 71.1 Å². The maximum absolute atomic E-state index is 11.9. The largest absolute Gasteiger partial charge is 0.494 e. The quantitative estimate of drug-likeness (QED) is 0.519. The van der Waals surface area contributed by atoms with E-state index in [4.69, 9.17) is 0 Å². The maximum Gasteiger partial charge on any atom is 0.236 e. The molecule has 1 aromatic heterocycles. The molecule has 1 aromatic rings. The van der Waals surface area contributed by atoms with Crippen molar-refractivity contribution in [3.05, 3.63) is 12.1 Å². The van der Waals surface area contributed by atoms with Gasteiger partial charge < -0.3 is 10.2 Å². The first-order chi connectivity index (χ1) is 10.7. The topological polar surface area (TPSA) is 62.5 Å². The summed E-state index contributed by atoms with van der Waals surface area (Å²) in [5.74, 6) is -0.618. The van der Waals surface area contributed by atoms with Crippen LogP contribution in [0.25, 0.3) is 0 Å². The summed E-state index contributed by atoms with van der Waals surface area (Å²) in [6, 6.07) is 2.65. The van der Waals surface area contributed by atoms with E-state index in [-0.39, 0.29) is 17.7 Å². The highest BCUT2D eigenvalue weighted by Gasteiger charge is 2.13. The molecule has 0 fully saturated rings. The van der Waals surface area contributed by atoms with Gasteiger partial charge in [-0.15, -0.1) is 0 Å². The first-order valence-electron chi connectivity index (χ1n) is 8.79. The normalized spacial score (nSPS) is 11.0. The lowest BCUT2D eigenvalue weighted by Crippen LogP contribution is -2.08. The number of nitrogens with zero attached hydrogens (tertiary/aromatic N) is 1. The van der Waals surface area contributed by atoms with E-state index in [0.717, 1.165) is 23.8 Å². The van der Waals surface area contributed by atoms with E-state index in [1.54, 1.807) is 0 Å². The number of hydrogen-bond acceptors (Lipinski definition) is 3. The third-order valence-electron chi connectivity index (χ3n) is 4.08. The van der Waals surface area contributed by atoms with Gasteiger partial charge >= 0.3 is 0 Å². The molecule has 0 saturated heterocycles. The fourth-order valence-corrected chi connectivity index (χ4v) is 2.72. The highest BCUT2D eigenvalue weighted by Crippen LogP contribution is 2.22. The molecule has 4 heteroatoms. The molecule has 1 heterocycles. The molecule has 0 amide bonds. The molecule has 0 aliphatic rings. The minimum Gasteiger partial charge on any atom is -0.494 e. The molecular weight excluding hydrogens is 278 g/mol. The van der Waals surface area contributed by atoms with E-state index >= 15 is 0 Å². The predicted octanol–water partition coefficient (Wildman–Crippen LogP) is 5.24. The number of carbonyl (C=O) groups is 1. The van der Waals surface area contributed by atoms with Crippen molar-refractivity contribution in [2.45, 2.75) is 84.0 Å². The zero-order valence-corrected chi connectivity index (χ0v) is 13.9. The molecule has 0 atom stereocenters. The first-order valence-corrected chi connectivity index (χ1v) is 8.79. The van der Waals surface area contributed by atoms with Gasteiger partial charge in [0.2, 0.25) is 17.7 Å². The second-order valence-corrected chi connectivity index (χ2v) is 6.06. The van der Waals surface area contributed by atoms with Crippen molar-refractivity contribution < 1.29 is 15.0 Å². The van der Waals surface area contributed by atoms with Gasteiger partial charge in [0.15, 0.2) is 0 Å². The molecule has 0 aromatic carbocycles. The van der Waals surface area contributed by atoms with E-state index < -0.39 is 0 Å². The molecule has 4 nitrogen and oxygen atoms in total. The Kier molecular flexibility index (Phi) is 9.44. The van der Waals surface area contributed by atoms with Gasteiger partial charge in [0, 0.05) is 18.6 Å². The molecule has 126 valence electrons. The zero-order valence-electron chi connectivity index (χ0n) is 13.9. The lowest BCUT2D eigenvalue weighted by Gasteiger charge is -2.05. The van der Waals surface area contributed by atoms with Crippen LogP contribution in [-0.4, -0.2) is 20.7 Å². The Morgan fingerprint density at radius 3 is 1.68 bits per heavy atom. The van der Waals surface area contributed by atoms with Gasteiger partial charge in [-0.05, 0) is 6.42 Å². The van der Waals surface area contributed by atoms with Crippen LogP contribution in [0.1, 0.15) is 88.8 Å². The van der Waals surface area contributed by atoms with Crippen LogP contribution >= 0.6 is 0 Å². The summed E-state index contributed by atoms with van der Waals surface area (Å²) >= 11 is 0. The van der Waals surface area contributed by atoms with Gasteiger partial charge in [0.05, 0.1) is 0 Å². The van der Waals surface area contributed by atoms with Gasteiger partial charge in [-0.3, -0.25) is 4.79 Å². The van der Waals surface area contributed by atoms with E-state index in [1.165, 1.54) is 63.5 Å². The Hall–Kier alpha value is -1.45. The molecule has 0 bridgehead atoms.